The summed E-state index contributed by atoms with van der Waals surface area (Å²) in [6.45, 7) is 6.37. The van der Waals surface area contributed by atoms with E-state index in [0.29, 0.717) is 6.54 Å². The smallest absolute Gasteiger partial charge is 0.320 e. The molecule has 106 valence electrons. The lowest BCUT2D eigenvalue weighted by Gasteiger charge is -2.18. The van der Waals surface area contributed by atoms with Crippen molar-refractivity contribution in [1.29, 1.82) is 0 Å². The third-order valence-electron chi connectivity index (χ3n) is 3.41. The van der Waals surface area contributed by atoms with Gasteiger partial charge in [0.25, 0.3) is 0 Å². The molecule has 0 bridgehead atoms. The van der Waals surface area contributed by atoms with Crippen LogP contribution < -0.4 is 5.32 Å². The average Bonchev–Trinajstić information content (AvgIpc) is 2.38. The molecular formula is C16H20N2O2. The molecule has 2 rings (SSSR count). The second-order valence-electron chi connectivity index (χ2n) is 5.43. The lowest BCUT2D eigenvalue weighted by Crippen LogP contribution is -2.40. The molecule has 2 aromatic rings. The van der Waals surface area contributed by atoms with E-state index in [1.807, 2.05) is 32.9 Å². The molecule has 4 heteroatoms. The summed E-state index contributed by atoms with van der Waals surface area (Å²) in [5.74, 6) is -0.755. The van der Waals surface area contributed by atoms with Gasteiger partial charge in [0.1, 0.15) is 6.04 Å². The van der Waals surface area contributed by atoms with Crippen molar-refractivity contribution in [3.63, 3.8) is 0 Å². The van der Waals surface area contributed by atoms with Crippen molar-refractivity contribution in [2.45, 2.75) is 33.4 Å². The first-order valence-corrected chi connectivity index (χ1v) is 6.79. The first-order valence-electron chi connectivity index (χ1n) is 6.79. The van der Waals surface area contributed by atoms with Gasteiger partial charge < -0.3 is 10.4 Å². The number of rotatable bonds is 5. The van der Waals surface area contributed by atoms with E-state index in [4.69, 9.17) is 0 Å². The number of hydrogen-bond acceptors (Lipinski definition) is 3. The highest BCUT2D eigenvalue weighted by Crippen LogP contribution is 2.18. The van der Waals surface area contributed by atoms with E-state index in [1.54, 1.807) is 6.20 Å². The Balaban J connectivity index is 2.20. The molecule has 0 saturated carbocycles. The lowest BCUT2D eigenvalue weighted by atomic mass is 10.0. The fraction of sp³-hybridized carbons (Fsp3) is 0.375. The summed E-state index contributed by atoms with van der Waals surface area (Å²) in [6.07, 6.45) is 1.78. The number of aliphatic carboxylic acids is 1. The molecule has 0 aliphatic heterocycles. The zero-order chi connectivity index (χ0) is 14.7. The molecule has 0 aliphatic carbocycles. The second kappa shape index (κ2) is 6.01. The number of aryl methyl sites for hydroxylation is 1. The predicted molar refractivity (Wildman–Crippen MR) is 79.6 cm³/mol. The SMILES string of the molecule is Cc1cc(CN[C@H](C(=O)O)C(C)C)cc2cccnc12. The standard InChI is InChI=1S/C16H20N2O2/c1-10(2)14(16(19)20)18-9-12-7-11(3)15-13(8-12)5-4-6-17-15/h4-8,10,14,18H,9H2,1-3H3,(H,19,20)/t14-/m0/s1. The van der Waals surface area contributed by atoms with E-state index in [9.17, 15) is 9.90 Å². The summed E-state index contributed by atoms with van der Waals surface area (Å²) in [6, 6.07) is 7.52. The number of aromatic nitrogens is 1. The first-order chi connectivity index (χ1) is 9.49. The van der Waals surface area contributed by atoms with E-state index in [2.05, 4.69) is 22.4 Å². The Morgan fingerprint density at radius 2 is 2.15 bits per heavy atom. The van der Waals surface area contributed by atoms with Gasteiger partial charge in [-0.2, -0.15) is 0 Å². The van der Waals surface area contributed by atoms with Gasteiger partial charge in [-0.15, -0.1) is 0 Å². The van der Waals surface area contributed by atoms with E-state index >= 15 is 0 Å². The molecule has 4 nitrogen and oxygen atoms in total. The maximum absolute atomic E-state index is 11.2. The molecule has 2 N–H and O–H groups in total. The van der Waals surface area contributed by atoms with E-state index in [-0.39, 0.29) is 5.92 Å². The highest BCUT2D eigenvalue weighted by Gasteiger charge is 2.20. The highest BCUT2D eigenvalue weighted by molar-refractivity contribution is 5.82. The van der Waals surface area contributed by atoms with Crippen molar-refractivity contribution in [3.05, 3.63) is 41.6 Å². The number of carbonyl (C=O) groups is 1. The van der Waals surface area contributed by atoms with Crippen LogP contribution in [0.5, 0.6) is 0 Å². The van der Waals surface area contributed by atoms with E-state index in [1.165, 1.54) is 0 Å². The lowest BCUT2D eigenvalue weighted by molar-refractivity contribution is -0.140. The Bertz CT molecular complexity index is 623. The van der Waals surface area contributed by atoms with Gasteiger partial charge in [-0.1, -0.05) is 26.0 Å². The second-order valence-corrected chi connectivity index (χ2v) is 5.43. The van der Waals surface area contributed by atoms with Crippen molar-refractivity contribution in [1.82, 2.24) is 10.3 Å². The Morgan fingerprint density at radius 3 is 2.80 bits per heavy atom. The van der Waals surface area contributed by atoms with Crippen LogP contribution in [-0.4, -0.2) is 22.1 Å². The van der Waals surface area contributed by atoms with Crippen LogP contribution in [0.3, 0.4) is 0 Å². The molecule has 0 aliphatic rings. The van der Waals surface area contributed by atoms with Crippen LogP contribution in [0.25, 0.3) is 10.9 Å². The topological polar surface area (TPSA) is 62.2 Å². The number of hydrogen-bond donors (Lipinski definition) is 2. The molecule has 0 radical (unpaired) electrons. The molecule has 1 aromatic heterocycles. The zero-order valence-corrected chi connectivity index (χ0v) is 12.1. The van der Waals surface area contributed by atoms with Gasteiger partial charge >= 0.3 is 5.97 Å². The number of nitrogens with zero attached hydrogens (tertiary/aromatic N) is 1. The third kappa shape index (κ3) is 3.14. The van der Waals surface area contributed by atoms with Crippen molar-refractivity contribution in [2.24, 2.45) is 5.92 Å². The Kier molecular flexibility index (Phi) is 4.35. The summed E-state index contributed by atoms with van der Waals surface area (Å²) >= 11 is 0. The molecule has 0 unspecified atom stereocenters. The van der Waals surface area contributed by atoms with Gasteiger partial charge in [0, 0.05) is 18.1 Å². The fourth-order valence-corrected chi connectivity index (χ4v) is 2.39. The van der Waals surface area contributed by atoms with Crippen LogP contribution in [0.2, 0.25) is 0 Å². The van der Waals surface area contributed by atoms with Crippen molar-refractivity contribution < 1.29 is 9.90 Å². The molecule has 1 heterocycles. The van der Waals surface area contributed by atoms with Gasteiger partial charge in [0.05, 0.1) is 5.52 Å². The third-order valence-corrected chi connectivity index (χ3v) is 3.41. The Labute approximate surface area is 118 Å². The number of fused-ring (bicyclic) bond motifs is 1. The van der Waals surface area contributed by atoms with E-state index < -0.39 is 12.0 Å². The van der Waals surface area contributed by atoms with Crippen LogP contribution in [0, 0.1) is 12.8 Å². The van der Waals surface area contributed by atoms with E-state index in [0.717, 1.165) is 22.0 Å². The first kappa shape index (κ1) is 14.5. The Hall–Kier alpha value is -1.94. The number of benzene rings is 1. The summed E-state index contributed by atoms with van der Waals surface area (Å²) in [7, 11) is 0. The number of carboxylic acids is 1. The number of carboxylic acid groups (broad SMARTS) is 1. The summed E-state index contributed by atoms with van der Waals surface area (Å²) < 4.78 is 0. The normalized spacial score (nSPS) is 12.8. The maximum atomic E-state index is 11.2. The zero-order valence-electron chi connectivity index (χ0n) is 12.1. The monoisotopic (exact) mass is 272 g/mol. The molecule has 20 heavy (non-hydrogen) atoms. The van der Waals surface area contributed by atoms with Gasteiger partial charge in [0.15, 0.2) is 0 Å². The molecule has 0 saturated heterocycles. The summed E-state index contributed by atoms with van der Waals surface area (Å²) in [5.41, 5.74) is 3.18. The minimum absolute atomic E-state index is 0.0516. The Morgan fingerprint density at radius 1 is 1.40 bits per heavy atom. The van der Waals surface area contributed by atoms with Crippen LogP contribution >= 0.6 is 0 Å². The van der Waals surface area contributed by atoms with Gasteiger partial charge in [-0.3, -0.25) is 9.78 Å². The minimum atomic E-state index is -0.806. The molecule has 1 atom stereocenters. The minimum Gasteiger partial charge on any atom is -0.480 e. The number of pyridine rings is 1. The number of nitrogens with one attached hydrogen (secondary N) is 1. The average molecular weight is 272 g/mol. The summed E-state index contributed by atoms with van der Waals surface area (Å²) in [4.78, 5) is 15.5. The van der Waals surface area contributed by atoms with Crippen molar-refractivity contribution >= 4 is 16.9 Å². The van der Waals surface area contributed by atoms with Crippen LogP contribution in [-0.2, 0) is 11.3 Å². The largest absolute Gasteiger partial charge is 0.480 e. The van der Waals surface area contributed by atoms with Crippen LogP contribution in [0.1, 0.15) is 25.0 Å². The van der Waals surface area contributed by atoms with Crippen molar-refractivity contribution in [2.75, 3.05) is 0 Å². The van der Waals surface area contributed by atoms with Crippen LogP contribution in [0.4, 0.5) is 0 Å². The van der Waals surface area contributed by atoms with Gasteiger partial charge in [-0.25, -0.2) is 0 Å². The van der Waals surface area contributed by atoms with Crippen LogP contribution in [0.15, 0.2) is 30.5 Å². The predicted octanol–water partition coefficient (Wildman–Crippen LogP) is 2.74. The van der Waals surface area contributed by atoms with Gasteiger partial charge in [-0.05, 0) is 36.1 Å². The quantitative estimate of drug-likeness (QED) is 0.878. The summed E-state index contributed by atoms with van der Waals surface area (Å²) in [5, 5.41) is 13.4. The maximum Gasteiger partial charge on any atom is 0.320 e. The fourth-order valence-electron chi connectivity index (χ4n) is 2.39. The molecule has 1 aromatic carbocycles. The van der Waals surface area contributed by atoms with Gasteiger partial charge in [0.2, 0.25) is 0 Å². The van der Waals surface area contributed by atoms with Crippen molar-refractivity contribution in [3.8, 4) is 0 Å². The highest BCUT2D eigenvalue weighted by atomic mass is 16.4. The molecule has 0 spiro atoms. The molecule has 0 amide bonds. The molecule has 0 fully saturated rings. The molecular weight excluding hydrogens is 252 g/mol.